The van der Waals surface area contributed by atoms with E-state index in [0.29, 0.717) is 11.8 Å². The Kier molecular flexibility index (Phi) is 5.44. The molecular weight excluding hydrogens is 214 g/mol. The van der Waals surface area contributed by atoms with Crippen LogP contribution in [0.25, 0.3) is 0 Å². The summed E-state index contributed by atoms with van der Waals surface area (Å²) < 4.78 is 5.02. The maximum atomic E-state index is 12.1. The molecule has 2 atom stereocenters. The average Bonchev–Trinajstić information content (AvgIpc) is 2.35. The first-order valence-corrected chi connectivity index (χ1v) is 6.87. The molecule has 0 saturated heterocycles. The summed E-state index contributed by atoms with van der Waals surface area (Å²) in [7, 11) is 1.50. The number of carbonyl (C=O) groups is 1. The highest BCUT2D eigenvalue weighted by Crippen LogP contribution is 2.35. The first-order chi connectivity index (χ1) is 8.04. The maximum absolute atomic E-state index is 12.1. The van der Waals surface area contributed by atoms with Crippen LogP contribution in [0.3, 0.4) is 0 Å². The topological polar surface area (TPSA) is 38.3 Å². The van der Waals surface area contributed by atoms with Gasteiger partial charge in [0, 0.05) is 0 Å². The number of carbonyl (C=O) groups excluding carboxylic acids is 1. The zero-order valence-corrected chi connectivity index (χ0v) is 11.7. The van der Waals surface area contributed by atoms with Gasteiger partial charge in [-0.05, 0) is 31.2 Å². The van der Waals surface area contributed by atoms with Crippen molar-refractivity contribution >= 4 is 5.97 Å². The van der Waals surface area contributed by atoms with Crippen molar-refractivity contribution in [3.63, 3.8) is 0 Å². The molecule has 0 heterocycles. The van der Waals surface area contributed by atoms with Crippen LogP contribution in [0.15, 0.2) is 0 Å². The Bertz CT molecular complexity index is 253. The standard InChI is InChI=1S/C14H27NO2/c1-5-12-7-6-8-14(9-12,13(16)17-4)15-10-11(2)3/h11-12,15H,5-10H2,1-4H3. The van der Waals surface area contributed by atoms with Crippen molar-refractivity contribution in [2.45, 2.75) is 58.4 Å². The van der Waals surface area contributed by atoms with Gasteiger partial charge in [-0.1, -0.05) is 40.0 Å². The molecule has 0 spiro atoms. The number of nitrogens with one attached hydrogen (secondary N) is 1. The number of ether oxygens (including phenoxy) is 1. The molecule has 2 unspecified atom stereocenters. The van der Waals surface area contributed by atoms with Gasteiger partial charge in [0.15, 0.2) is 0 Å². The molecule has 0 radical (unpaired) electrons. The molecular formula is C14H27NO2. The largest absolute Gasteiger partial charge is 0.468 e. The molecule has 1 rings (SSSR count). The summed E-state index contributed by atoms with van der Waals surface area (Å²) >= 11 is 0. The van der Waals surface area contributed by atoms with E-state index in [1.807, 2.05) is 0 Å². The van der Waals surface area contributed by atoms with Gasteiger partial charge in [0.05, 0.1) is 7.11 Å². The molecule has 100 valence electrons. The minimum absolute atomic E-state index is 0.0729. The number of methoxy groups -OCH3 is 1. The van der Waals surface area contributed by atoms with E-state index in [2.05, 4.69) is 26.1 Å². The molecule has 0 bridgehead atoms. The fourth-order valence-corrected chi connectivity index (χ4v) is 2.75. The van der Waals surface area contributed by atoms with Crippen molar-refractivity contribution in [2.24, 2.45) is 11.8 Å². The van der Waals surface area contributed by atoms with Crippen molar-refractivity contribution in [2.75, 3.05) is 13.7 Å². The third-order valence-electron chi connectivity index (χ3n) is 3.86. The van der Waals surface area contributed by atoms with E-state index in [9.17, 15) is 4.79 Å². The van der Waals surface area contributed by atoms with Crippen molar-refractivity contribution in [3.05, 3.63) is 0 Å². The summed E-state index contributed by atoms with van der Waals surface area (Å²) in [4.78, 5) is 12.1. The van der Waals surface area contributed by atoms with Gasteiger partial charge in [-0.15, -0.1) is 0 Å². The van der Waals surface area contributed by atoms with E-state index < -0.39 is 5.54 Å². The lowest BCUT2D eigenvalue weighted by Crippen LogP contribution is -2.56. The van der Waals surface area contributed by atoms with E-state index in [0.717, 1.165) is 32.2 Å². The monoisotopic (exact) mass is 241 g/mol. The first kappa shape index (κ1) is 14.5. The van der Waals surface area contributed by atoms with Gasteiger partial charge in [0.1, 0.15) is 5.54 Å². The van der Waals surface area contributed by atoms with Crippen LogP contribution in [0, 0.1) is 11.8 Å². The van der Waals surface area contributed by atoms with E-state index in [1.165, 1.54) is 13.5 Å². The highest BCUT2D eigenvalue weighted by molar-refractivity contribution is 5.81. The van der Waals surface area contributed by atoms with E-state index in [-0.39, 0.29) is 5.97 Å². The summed E-state index contributed by atoms with van der Waals surface area (Å²) in [5, 5.41) is 3.48. The Morgan fingerprint density at radius 2 is 2.24 bits per heavy atom. The molecule has 17 heavy (non-hydrogen) atoms. The molecule has 3 heteroatoms. The second kappa shape index (κ2) is 6.39. The molecule has 1 aliphatic carbocycles. The van der Waals surface area contributed by atoms with Crippen LogP contribution in [0.2, 0.25) is 0 Å². The van der Waals surface area contributed by atoms with Crippen molar-refractivity contribution in [1.29, 1.82) is 0 Å². The molecule has 3 nitrogen and oxygen atoms in total. The van der Waals surface area contributed by atoms with Gasteiger partial charge in [0.25, 0.3) is 0 Å². The van der Waals surface area contributed by atoms with Crippen LogP contribution >= 0.6 is 0 Å². The lowest BCUT2D eigenvalue weighted by molar-refractivity contribution is -0.151. The van der Waals surface area contributed by atoms with Crippen LogP contribution in [-0.2, 0) is 9.53 Å². The average molecular weight is 241 g/mol. The lowest BCUT2D eigenvalue weighted by atomic mass is 9.74. The molecule has 1 saturated carbocycles. The highest BCUT2D eigenvalue weighted by Gasteiger charge is 2.42. The Labute approximate surface area is 105 Å². The van der Waals surface area contributed by atoms with E-state index >= 15 is 0 Å². The molecule has 0 aromatic carbocycles. The Morgan fingerprint density at radius 3 is 2.76 bits per heavy atom. The van der Waals surface area contributed by atoms with Crippen LogP contribution in [0.4, 0.5) is 0 Å². The summed E-state index contributed by atoms with van der Waals surface area (Å²) in [6, 6.07) is 0. The SMILES string of the molecule is CCC1CCCC(NCC(C)C)(C(=O)OC)C1. The third kappa shape index (κ3) is 3.70. The molecule has 0 aromatic heterocycles. The van der Waals surface area contributed by atoms with Gasteiger partial charge in [-0.25, -0.2) is 0 Å². The van der Waals surface area contributed by atoms with Gasteiger partial charge in [-0.3, -0.25) is 4.79 Å². The van der Waals surface area contributed by atoms with Gasteiger partial charge >= 0.3 is 5.97 Å². The zero-order chi connectivity index (χ0) is 12.9. The minimum Gasteiger partial charge on any atom is -0.468 e. The summed E-state index contributed by atoms with van der Waals surface area (Å²) in [6.07, 6.45) is 5.38. The lowest BCUT2D eigenvalue weighted by Gasteiger charge is -2.39. The van der Waals surface area contributed by atoms with E-state index in [1.54, 1.807) is 0 Å². The van der Waals surface area contributed by atoms with Crippen LogP contribution in [0.5, 0.6) is 0 Å². The van der Waals surface area contributed by atoms with E-state index in [4.69, 9.17) is 4.74 Å². The van der Waals surface area contributed by atoms with Crippen molar-refractivity contribution in [1.82, 2.24) is 5.32 Å². The fraction of sp³-hybridized carbons (Fsp3) is 0.929. The Balaban J connectivity index is 2.74. The normalized spacial score (nSPS) is 29.4. The fourth-order valence-electron chi connectivity index (χ4n) is 2.75. The summed E-state index contributed by atoms with van der Waals surface area (Å²) in [5.74, 6) is 1.14. The Morgan fingerprint density at radius 1 is 1.53 bits per heavy atom. The van der Waals surface area contributed by atoms with Crippen molar-refractivity contribution in [3.8, 4) is 0 Å². The molecule has 0 amide bonds. The number of esters is 1. The predicted molar refractivity (Wildman–Crippen MR) is 69.8 cm³/mol. The second-order valence-corrected chi connectivity index (χ2v) is 5.72. The van der Waals surface area contributed by atoms with Crippen LogP contribution < -0.4 is 5.32 Å². The number of hydrogen-bond donors (Lipinski definition) is 1. The van der Waals surface area contributed by atoms with Crippen LogP contribution in [-0.4, -0.2) is 25.2 Å². The smallest absolute Gasteiger partial charge is 0.326 e. The molecule has 0 aromatic rings. The summed E-state index contributed by atoms with van der Waals surface area (Å²) in [6.45, 7) is 7.42. The minimum atomic E-state index is -0.419. The van der Waals surface area contributed by atoms with Gasteiger partial charge in [-0.2, -0.15) is 0 Å². The number of rotatable bonds is 5. The first-order valence-electron chi connectivity index (χ1n) is 6.87. The highest BCUT2D eigenvalue weighted by atomic mass is 16.5. The molecule has 1 aliphatic rings. The summed E-state index contributed by atoms with van der Waals surface area (Å²) in [5.41, 5.74) is -0.419. The second-order valence-electron chi connectivity index (χ2n) is 5.72. The zero-order valence-electron chi connectivity index (χ0n) is 11.7. The molecule has 1 N–H and O–H groups in total. The predicted octanol–water partition coefficient (Wildman–Crippen LogP) is 2.74. The number of hydrogen-bond acceptors (Lipinski definition) is 3. The molecule has 0 aliphatic heterocycles. The Hall–Kier alpha value is -0.570. The van der Waals surface area contributed by atoms with Crippen LogP contribution in [0.1, 0.15) is 52.9 Å². The van der Waals surface area contributed by atoms with Crippen molar-refractivity contribution < 1.29 is 9.53 Å². The van der Waals surface area contributed by atoms with Gasteiger partial charge < -0.3 is 10.1 Å². The quantitative estimate of drug-likeness (QED) is 0.752. The maximum Gasteiger partial charge on any atom is 0.326 e. The molecule has 1 fully saturated rings. The third-order valence-corrected chi connectivity index (χ3v) is 3.86. The van der Waals surface area contributed by atoms with Gasteiger partial charge in [0.2, 0.25) is 0 Å².